The van der Waals surface area contributed by atoms with Gasteiger partial charge in [-0.25, -0.2) is 0 Å². The summed E-state index contributed by atoms with van der Waals surface area (Å²) in [6, 6.07) is 0. The monoisotopic (exact) mass is 286 g/mol. The average molecular weight is 286 g/mol. The summed E-state index contributed by atoms with van der Waals surface area (Å²) in [5.74, 6) is 0. The summed E-state index contributed by atoms with van der Waals surface area (Å²) in [4.78, 5) is 0. The van der Waals surface area contributed by atoms with Crippen molar-refractivity contribution in [1.82, 2.24) is 0 Å². The fourth-order valence-corrected chi connectivity index (χ4v) is 2.49. The third kappa shape index (κ3) is 5.92. The Morgan fingerprint density at radius 3 is 2.30 bits per heavy atom. The minimum atomic E-state index is -0.918. The molecule has 1 unspecified atom stereocenters. The Hall–Kier alpha value is -0.420. The van der Waals surface area contributed by atoms with Gasteiger partial charge in [0.15, 0.2) is 6.29 Å². The summed E-state index contributed by atoms with van der Waals surface area (Å²) in [5.41, 5.74) is 0. The lowest BCUT2D eigenvalue weighted by Gasteiger charge is -2.15. The van der Waals surface area contributed by atoms with Crippen molar-refractivity contribution in [1.29, 1.82) is 0 Å². The first-order valence-electron chi connectivity index (χ1n) is 7.94. The molecule has 0 saturated carbocycles. The minimum absolute atomic E-state index is 0.306. The van der Waals surface area contributed by atoms with E-state index >= 15 is 0 Å². The molecule has 4 atom stereocenters. The molecule has 4 nitrogen and oxygen atoms in total. The highest BCUT2D eigenvalue weighted by Gasteiger charge is 2.42. The summed E-state index contributed by atoms with van der Waals surface area (Å²) >= 11 is 0. The van der Waals surface area contributed by atoms with E-state index in [9.17, 15) is 10.2 Å². The Morgan fingerprint density at radius 1 is 1.05 bits per heavy atom. The van der Waals surface area contributed by atoms with E-state index in [4.69, 9.17) is 9.47 Å². The van der Waals surface area contributed by atoms with Gasteiger partial charge in [-0.15, -0.1) is 6.58 Å². The third-order valence-electron chi connectivity index (χ3n) is 3.81. The lowest BCUT2D eigenvalue weighted by Crippen LogP contribution is -2.33. The van der Waals surface area contributed by atoms with Crippen molar-refractivity contribution in [3.63, 3.8) is 0 Å². The minimum Gasteiger partial charge on any atom is -0.387 e. The van der Waals surface area contributed by atoms with Crippen LogP contribution in [0.15, 0.2) is 12.7 Å². The Kier molecular flexibility index (Phi) is 9.10. The van der Waals surface area contributed by atoms with Gasteiger partial charge in [0.05, 0.1) is 6.10 Å². The van der Waals surface area contributed by atoms with Crippen LogP contribution in [0.3, 0.4) is 0 Å². The van der Waals surface area contributed by atoms with Crippen LogP contribution in [0.4, 0.5) is 0 Å². The SMILES string of the molecule is C=CCCCCCCCCO[C@@H]1O[C@H](CC)C(O)[C@@H]1O. The number of hydrogen-bond donors (Lipinski definition) is 2. The molecule has 4 heteroatoms. The van der Waals surface area contributed by atoms with Gasteiger partial charge >= 0.3 is 0 Å². The molecule has 1 saturated heterocycles. The second-order valence-corrected chi connectivity index (χ2v) is 5.50. The van der Waals surface area contributed by atoms with Gasteiger partial charge in [-0.3, -0.25) is 0 Å². The predicted octanol–water partition coefficient (Wildman–Crippen LogP) is 2.78. The molecule has 1 aliphatic rings. The van der Waals surface area contributed by atoms with E-state index < -0.39 is 18.5 Å². The molecule has 0 radical (unpaired) electrons. The van der Waals surface area contributed by atoms with Gasteiger partial charge in [-0.1, -0.05) is 38.7 Å². The molecule has 0 bridgehead atoms. The molecule has 1 aliphatic heterocycles. The third-order valence-corrected chi connectivity index (χ3v) is 3.81. The highest BCUT2D eigenvalue weighted by atomic mass is 16.7. The van der Waals surface area contributed by atoms with E-state index in [2.05, 4.69) is 6.58 Å². The maximum absolute atomic E-state index is 9.77. The molecule has 0 aliphatic carbocycles. The lowest BCUT2D eigenvalue weighted by molar-refractivity contribution is -0.166. The molecule has 0 amide bonds. The maximum atomic E-state index is 9.77. The molecule has 1 heterocycles. The second kappa shape index (κ2) is 10.3. The fourth-order valence-electron chi connectivity index (χ4n) is 2.49. The zero-order chi connectivity index (χ0) is 14.8. The van der Waals surface area contributed by atoms with Crippen LogP contribution in [0, 0.1) is 0 Å². The molecular formula is C16H30O4. The van der Waals surface area contributed by atoms with Crippen molar-refractivity contribution in [3.8, 4) is 0 Å². The van der Waals surface area contributed by atoms with Crippen molar-refractivity contribution in [3.05, 3.63) is 12.7 Å². The highest BCUT2D eigenvalue weighted by molar-refractivity contribution is 4.85. The predicted molar refractivity (Wildman–Crippen MR) is 79.4 cm³/mol. The van der Waals surface area contributed by atoms with E-state index in [0.29, 0.717) is 13.0 Å². The van der Waals surface area contributed by atoms with Crippen LogP contribution in [-0.4, -0.2) is 41.4 Å². The summed E-state index contributed by atoms with van der Waals surface area (Å²) < 4.78 is 11.0. The Morgan fingerprint density at radius 2 is 1.70 bits per heavy atom. The van der Waals surface area contributed by atoms with Crippen molar-refractivity contribution in [2.75, 3.05) is 6.61 Å². The van der Waals surface area contributed by atoms with Gasteiger partial charge in [-0.2, -0.15) is 0 Å². The average Bonchev–Trinajstić information content (AvgIpc) is 2.73. The van der Waals surface area contributed by atoms with E-state index in [0.717, 1.165) is 19.3 Å². The van der Waals surface area contributed by atoms with Crippen LogP contribution in [0.2, 0.25) is 0 Å². The zero-order valence-corrected chi connectivity index (χ0v) is 12.7. The Balaban J connectivity index is 1.98. The molecule has 118 valence electrons. The molecular weight excluding hydrogens is 256 g/mol. The van der Waals surface area contributed by atoms with Gasteiger partial charge in [-0.05, 0) is 25.7 Å². The first-order valence-corrected chi connectivity index (χ1v) is 7.94. The van der Waals surface area contributed by atoms with Crippen molar-refractivity contribution >= 4 is 0 Å². The van der Waals surface area contributed by atoms with Crippen LogP contribution < -0.4 is 0 Å². The number of allylic oxidation sites excluding steroid dienone is 1. The van der Waals surface area contributed by atoms with E-state index in [1.165, 1.54) is 25.7 Å². The number of aliphatic hydroxyl groups excluding tert-OH is 2. The number of ether oxygens (including phenoxy) is 2. The Labute approximate surface area is 122 Å². The van der Waals surface area contributed by atoms with Crippen LogP contribution in [0.1, 0.15) is 58.3 Å². The smallest absolute Gasteiger partial charge is 0.186 e. The van der Waals surface area contributed by atoms with Crippen LogP contribution in [-0.2, 0) is 9.47 Å². The standard InChI is InChI=1S/C16H30O4/c1-3-5-6-7-8-9-10-11-12-19-16-15(18)14(17)13(4-2)20-16/h3,13-18H,1,4-12H2,2H3/t13-,14?,15+,16-/m1/s1. The van der Waals surface area contributed by atoms with Crippen LogP contribution in [0.25, 0.3) is 0 Å². The van der Waals surface area contributed by atoms with Gasteiger partial charge in [0, 0.05) is 6.61 Å². The number of rotatable bonds is 11. The second-order valence-electron chi connectivity index (χ2n) is 5.50. The molecule has 0 spiro atoms. The quantitative estimate of drug-likeness (QED) is 0.453. The van der Waals surface area contributed by atoms with Gasteiger partial charge in [0.2, 0.25) is 0 Å². The summed E-state index contributed by atoms with van der Waals surface area (Å²) in [7, 11) is 0. The molecule has 20 heavy (non-hydrogen) atoms. The largest absolute Gasteiger partial charge is 0.387 e. The van der Waals surface area contributed by atoms with Crippen molar-refractivity contribution in [2.24, 2.45) is 0 Å². The normalized spacial score (nSPS) is 29.8. The van der Waals surface area contributed by atoms with E-state index in [-0.39, 0.29) is 6.10 Å². The van der Waals surface area contributed by atoms with E-state index in [1.807, 2.05) is 13.0 Å². The van der Waals surface area contributed by atoms with Crippen LogP contribution in [0.5, 0.6) is 0 Å². The molecule has 0 aromatic rings. The summed E-state index contributed by atoms with van der Waals surface area (Å²) in [5, 5.41) is 19.5. The topological polar surface area (TPSA) is 58.9 Å². The van der Waals surface area contributed by atoms with Crippen LogP contribution >= 0.6 is 0 Å². The van der Waals surface area contributed by atoms with Crippen molar-refractivity contribution in [2.45, 2.75) is 82.9 Å². The first-order chi connectivity index (χ1) is 9.70. The van der Waals surface area contributed by atoms with E-state index in [1.54, 1.807) is 0 Å². The number of unbranched alkanes of at least 4 members (excludes halogenated alkanes) is 6. The highest BCUT2D eigenvalue weighted by Crippen LogP contribution is 2.24. The van der Waals surface area contributed by atoms with Gasteiger partial charge < -0.3 is 19.7 Å². The van der Waals surface area contributed by atoms with Gasteiger partial charge in [0.1, 0.15) is 12.2 Å². The lowest BCUT2D eigenvalue weighted by atomic mass is 10.1. The fraction of sp³-hybridized carbons (Fsp3) is 0.875. The molecule has 1 rings (SSSR count). The summed E-state index contributed by atoms with van der Waals surface area (Å²) in [6.07, 6.45) is 8.14. The first kappa shape index (κ1) is 17.6. The molecule has 2 N–H and O–H groups in total. The van der Waals surface area contributed by atoms with Crippen molar-refractivity contribution < 1.29 is 19.7 Å². The van der Waals surface area contributed by atoms with Gasteiger partial charge in [0.25, 0.3) is 0 Å². The zero-order valence-electron chi connectivity index (χ0n) is 12.7. The number of hydrogen-bond acceptors (Lipinski definition) is 4. The molecule has 0 aromatic heterocycles. The molecule has 0 aromatic carbocycles. The summed E-state index contributed by atoms with van der Waals surface area (Å²) in [6.45, 7) is 6.22. The molecule has 1 fully saturated rings. The Bertz CT molecular complexity index is 257. The maximum Gasteiger partial charge on any atom is 0.186 e. The number of aliphatic hydroxyl groups is 2.